The molecule has 25 heavy (non-hydrogen) atoms. The molecular formula is C19H21BrN2O3. The molecule has 2 aromatic rings. The summed E-state index contributed by atoms with van der Waals surface area (Å²) in [6.07, 6.45) is 1.76. The van der Waals surface area contributed by atoms with Crippen LogP contribution < -0.4 is 9.64 Å². The predicted octanol–water partition coefficient (Wildman–Crippen LogP) is 4.14. The van der Waals surface area contributed by atoms with Crippen molar-refractivity contribution < 1.29 is 14.6 Å². The van der Waals surface area contributed by atoms with Crippen LogP contribution in [0.2, 0.25) is 0 Å². The van der Waals surface area contributed by atoms with Gasteiger partial charge >= 0.3 is 0 Å². The molecule has 1 heterocycles. The number of nitrogens with zero attached hydrogens (tertiary/aromatic N) is 2. The normalized spacial score (nSPS) is 14.9. The van der Waals surface area contributed by atoms with Crippen molar-refractivity contribution in [3.8, 4) is 11.5 Å². The van der Waals surface area contributed by atoms with Crippen molar-refractivity contribution in [1.82, 2.24) is 0 Å². The number of anilines is 1. The molecule has 0 atom stereocenters. The quantitative estimate of drug-likeness (QED) is 0.760. The zero-order valence-electron chi connectivity index (χ0n) is 14.1. The van der Waals surface area contributed by atoms with Crippen LogP contribution in [0.5, 0.6) is 11.5 Å². The van der Waals surface area contributed by atoms with Crippen molar-refractivity contribution in [3.63, 3.8) is 0 Å². The summed E-state index contributed by atoms with van der Waals surface area (Å²) in [7, 11) is 0. The van der Waals surface area contributed by atoms with Crippen molar-refractivity contribution in [2.75, 3.05) is 37.8 Å². The first-order valence-electron chi connectivity index (χ1n) is 8.29. The van der Waals surface area contributed by atoms with E-state index >= 15 is 0 Å². The van der Waals surface area contributed by atoms with Crippen LogP contribution in [-0.2, 0) is 4.74 Å². The molecule has 1 aliphatic rings. The number of morpholine rings is 1. The lowest BCUT2D eigenvalue weighted by Crippen LogP contribution is -2.36. The average molecular weight is 405 g/mol. The number of ether oxygens (including phenoxy) is 2. The highest BCUT2D eigenvalue weighted by atomic mass is 79.9. The van der Waals surface area contributed by atoms with E-state index in [-0.39, 0.29) is 5.75 Å². The Hall–Kier alpha value is -2.05. The van der Waals surface area contributed by atoms with Crippen LogP contribution in [0.15, 0.2) is 45.9 Å². The number of phenols is 1. The van der Waals surface area contributed by atoms with E-state index in [0.717, 1.165) is 42.0 Å². The summed E-state index contributed by atoms with van der Waals surface area (Å²) >= 11 is 3.44. The lowest BCUT2D eigenvalue weighted by atomic mass is 10.2. The van der Waals surface area contributed by atoms with Gasteiger partial charge in [0, 0.05) is 35.0 Å². The first-order valence-corrected chi connectivity index (χ1v) is 9.09. The van der Waals surface area contributed by atoms with E-state index in [9.17, 15) is 5.11 Å². The third-order valence-electron chi connectivity index (χ3n) is 3.96. The smallest absolute Gasteiger partial charge is 0.161 e. The molecule has 0 bridgehead atoms. The van der Waals surface area contributed by atoms with Gasteiger partial charge in [0.25, 0.3) is 0 Å². The Balaban J connectivity index is 1.74. The molecule has 0 amide bonds. The fourth-order valence-electron chi connectivity index (χ4n) is 2.64. The molecule has 1 N–H and O–H groups in total. The lowest BCUT2D eigenvalue weighted by Gasteiger charge is -2.28. The molecule has 0 aromatic heterocycles. The Morgan fingerprint density at radius 3 is 2.64 bits per heavy atom. The van der Waals surface area contributed by atoms with Gasteiger partial charge in [-0.05, 0) is 59.3 Å². The van der Waals surface area contributed by atoms with Crippen LogP contribution in [0.1, 0.15) is 12.5 Å². The molecule has 132 valence electrons. The van der Waals surface area contributed by atoms with E-state index in [1.165, 1.54) is 5.69 Å². The maximum atomic E-state index is 9.87. The minimum absolute atomic E-state index is 0.112. The zero-order valence-corrected chi connectivity index (χ0v) is 15.7. The minimum atomic E-state index is 0.112. The van der Waals surface area contributed by atoms with Gasteiger partial charge in [0.1, 0.15) is 0 Å². The topological polar surface area (TPSA) is 54.3 Å². The lowest BCUT2D eigenvalue weighted by molar-refractivity contribution is 0.122. The van der Waals surface area contributed by atoms with E-state index < -0.39 is 0 Å². The van der Waals surface area contributed by atoms with Crippen molar-refractivity contribution in [2.45, 2.75) is 6.92 Å². The summed E-state index contributed by atoms with van der Waals surface area (Å²) in [6, 6.07) is 11.5. The van der Waals surface area contributed by atoms with Crippen LogP contribution in [0.25, 0.3) is 0 Å². The van der Waals surface area contributed by atoms with Crippen molar-refractivity contribution in [1.29, 1.82) is 0 Å². The molecular weight excluding hydrogens is 384 g/mol. The van der Waals surface area contributed by atoms with Gasteiger partial charge in [-0.3, -0.25) is 4.99 Å². The van der Waals surface area contributed by atoms with Gasteiger partial charge in [-0.15, -0.1) is 0 Å². The molecule has 5 nitrogen and oxygen atoms in total. The standard InChI is InChI=1S/C19H21BrN2O3/c1-2-25-19-11-14(17(20)12-18(19)23)13-21-15-3-5-16(6-4-15)22-7-9-24-10-8-22/h3-6,11-13,23H,2,7-10H2,1H3. The molecule has 0 unspecified atom stereocenters. The SMILES string of the molecule is CCOc1cc(C=Nc2ccc(N3CCOCC3)cc2)c(Br)cc1O. The van der Waals surface area contributed by atoms with Gasteiger partial charge in [0.2, 0.25) is 0 Å². The summed E-state index contributed by atoms with van der Waals surface area (Å²) in [5, 5.41) is 9.87. The molecule has 3 rings (SSSR count). The molecule has 6 heteroatoms. The third-order valence-corrected chi connectivity index (χ3v) is 4.64. The number of aromatic hydroxyl groups is 1. The maximum absolute atomic E-state index is 9.87. The monoisotopic (exact) mass is 404 g/mol. The third kappa shape index (κ3) is 4.52. The number of hydrogen-bond donors (Lipinski definition) is 1. The number of phenolic OH excluding ortho intramolecular Hbond substituents is 1. The molecule has 2 aromatic carbocycles. The van der Waals surface area contributed by atoms with Crippen LogP contribution in [-0.4, -0.2) is 44.2 Å². The highest BCUT2D eigenvalue weighted by Gasteiger charge is 2.11. The second-order valence-electron chi connectivity index (χ2n) is 5.65. The Kier molecular flexibility index (Phi) is 5.94. The van der Waals surface area contributed by atoms with Crippen LogP contribution in [0.4, 0.5) is 11.4 Å². The number of benzene rings is 2. The largest absolute Gasteiger partial charge is 0.504 e. The van der Waals surface area contributed by atoms with E-state index in [4.69, 9.17) is 9.47 Å². The van der Waals surface area contributed by atoms with Crippen LogP contribution >= 0.6 is 15.9 Å². The van der Waals surface area contributed by atoms with Crippen molar-refractivity contribution >= 4 is 33.5 Å². The predicted molar refractivity (Wildman–Crippen MR) is 104 cm³/mol. The summed E-state index contributed by atoms with van der Waals surface area (Å²) in [5.74, 6) is 0.565. The van der Waals surface area contributed by atoms with Gasteiger partial charge < -0.3 is 19.5 Å². The highest BCUT2D eigenvalue weighted by molar-refractivity contribution is 9.10. The van der Waals surface area contributed by atoms with Gasteiger partial charge in [-0.2, -0.15) is 0 Å². The van der Waals surface area contributed by atoms with E-state index in [1.807, 2.05) is 19.1 Å². The Labute approximate surface area is 156 Å². The Bertz CT molecular complexity index is 741. The average Bonchev–Trinajstić information content (AvgIpc) is 2.64. The molecule has 0 spiro atoms. The first-order chi connectivity index (χ1) is 12.2. The summed E-state index contributed by atoms with van der Waals surface area (Å²) in [5.41, 5.74) is 2.90. The molecule has 0 radical (unpaired) electrons. The summed E-state index contributed by atoms with van der Waals surface area (Å²) in [4.78, 5) is 6.83. The Morgan fingerprint density at radius 2 is 1.96 bits per heavy atom. The van der Waals surface area contributed by atoms with Gasteiger partial charge in [0.15, 0.2) is 11.5 Å². The fourth-order valence-corrected chi connectivity index (χ4v) is 3.08. The van der Waals surface area contributed by atoms with Gasteiger partial charge in [-0.1, -0.05) is 0 Å². The van der Waals surface area contributed by atoms with Crippen LogP contribution in [0, 0.1) is 0 Å². The number of hydrogen-bond acceptors (Lipinski definition) is 5. The zero-order chi connectivity index (χ0) is 17.6. The van der Waals surface area contributed by atoms with E-state index in [0.29, 0.717) is 12.4 Å². The summed E-state index contributed by atoms with van der Waals surface area (Å²) < 4.78 is 11.6. The van der Waals surface area contributed by atoms with Gasteiger partial charge in [0.05, 0.1) is 25.5 Å². The second-order valence-corrected chi connectivity index (χ2v) is 6.50. The second kappa shape index (κ2) is 8.36. The summed E-state index contributed by atoms with van der Waals surface area (Å²) in [6.45, 7) is 5.76. The molecule has 1 fully saturated rings. The number of halogens is 1. The maximum Gasteiger partial charge on any atom is 0.161 e. The van der Waals surface area contributed by atoms with Crippen molar-refractivity contribution in [3.05, 3.63) is 46.4 Å². The minimum Gasteiger partial charge on any atom is -0.504 e. The van der Waals surface area contributed by atoms with Crippen LogP contribution in [0.3, 0.4) is 0 Å². The first kappa shape index (κ1) is 17.8. The van der Waals surface area contributed by atoms with E-state index in [2.05, 4.69) is 38.0 Å². The Morgan fingerprint density at radius 1 is 1.24 bits per heavy atom. The number of aliphatic imine (C=N–C) groups is 1. The van der Waals surface area contributed by atoms with Crippen molar-refractivity contribution in [2.24, 2.45) is 4.99 Å². The molecule has 1 aliphatic heterocycles. The molecule has 0 saturated carbocycles. The fraction of sp³-hybridized carbons (Fsp3) is 0.316. The van der Waals surface area contributed by atoms with E-state index in [1.54, 1.807) is 18.3 Å². The van der Waals surface area contributed by atoms with Gasteiger partial charge in [-0.25, -0.2) is 0 Å². The molecule has 0 aliphatic carbocycles. The highest BCUT2D eigenvalue weighted by Crippen LogP contribution is 2.32. The molecule has 1 saturated heterocycles. The number of rotatable bonds is 5.